The van der Waals surface area contributed by atoms with Gasteiger partial charge in [0, 0.05) is 6.07 Å². The predicted molar refractivity (Wildman–Crippen MR) is 111 cm³/mol. The molecule has 0 saturated carbocycles. The normalized spacial score (nSPS) is 12.3. The molecule has 1 aromatic carbocycles. The summed E-state index contributed by atoms with van der Waals surface area (Å²) in [5.74, 6) is 1.02. The summed E-state index contributed by atoms with van der Waals surface area (Å²) < 4.78 is 37.2. The average molecular weight is 447 g/mol. The van der Waals surface area contributed by atoms with E-state index in [-0.39, 0.29) is 5.69 Å². The molecule has 9 nitrogen and oxygen atoms in total. The van der Waals surface area contributed by atoms with Gasteiger partial charge in [-0.3, -0.25) is 14.4 Å². The van der Waals surface area contributed by atoms with Gasteiger partial charge in [-0.1, -0.05) is 30.0 Å². The van der Waals surface area contributed by atoms with Crippen molar-refractivity contribution in [1.29, 1.82) is 0 Å². The second-order valence-electron chi connectivity index (χ2n) is 5.57. The minimum atomic E-state index is -3.82. The summed E-state index contributed by atoms with van der Waals surface area (Å²) >= 11 is 2.73. The molecule has 0 aliphatic rings. The number of aromatic nitrogens is 2. The standard InChI is InChI=1S/C16H22N4O5S3/c1-6-26-16-19-18-15(27-16)17-14(21)10(2)20(28(5,22)23)12-9-11(24-3)7-8-13(12)25-4/h7-10H,6H2,1-5H3,(H,17,18,21)/t10-/m0/s1. The van der Waals surface area contributed by atoms with Crippen LogP contribution in [-0.4, -0.2) is 56.8 Å². The van der Waals surface area contributed by atoms with E-state index < -0.39 is 22.0 Å². The van der Waals surface area contributed by atoms with Crippen LogP contribution in [0.3, 0.4) is 0 Å². The van der Waals surface area contributed by atoms with Gasteiger partial charge in [0.25, 0.3) is 0 Å². The molecule has 1 N–H and O–H groups in total. The van der Waals surface area contributed by atoms with Crippen LogP contribution >= 0.6 is 23.1 Å². The van der Waals surface area contributed by atoms with Crippen molar-refractivity contribution in [3.63, 3.8) is 0 Å². The molecule has 0 aliphatic carbocycles. The lowest BCUT2D eigenvalue weighted by molar-refractivity contribution is -0.116. The van der Waals surface area contributed by atoms with E-state index in [1.54, 1.807) is 12.1 Å². The largest absolute Gasteiger partial charge is 0.497 e. The molecule has 28 heavy (non-hydrogen) atoms. The smallest absolute Gasteiger partial charge is 0.249 e. The summed E-state index contributed by atoms with van der Waals surface area (Å²) in [7, 11) is -0.928. The van der Waals surface area contributed by atoms with Crippen LogP contribution in [-0.2, 0) is 14.8 Å². The molecule has 1 aromatic heterocycles. The van der Waals surface area contributed by atoms with Crippen molar-refractivity contribution >= 4 is 49.8 Å². The molecule has 1 amide bonds. The van der Waals surface area contributed by atoms with E-state index in [0.717, 1.165) is 20.7 Å². The number of benzene rings is 1. The molecular weight excluding hydrogens is 424 g/mol. The number of methoxy groups -OCH3 is 2. The Kier molecular flexibility index (Phi) is 7.49. The van der Waals surface area contributed by atoms with Gasteiger partial charge in [0.15, 0.2) is 4.34 Å². The molecule has 1 atom stereocenters. The third kappa shape index (κ3) is 5.26. The Hall–Kier alpha value is -2.05. The van der Waals surface area contributed by atoms with Gasteiger partial charge in [-0.25, -0.2) is 8.42 Å². The van der Waals surface area contributed by atoms with Crippen LogP contribution in [0.5, 0.6) is 11.5 Å². The highest BCUT2D eigenvalue weighted by Gasteiger charge is 2.32. The molecule has 1 heterocycles. The van der Waals surface area contributed by atoms with Crippen LogP contribution in [0.25, 0.3) is 0 Å². The predicted octanol–water partition coefficient (Wildman–Crippen LogP) is 2.46. The van der Waals surface area contributed by atoms with Crippen LogP contribution in [0.4, 0.5) is 10.8 Å². The number of hydrogen-bond acceptors (Lipinski definition) is 9. The molecule has 0 fully saturated rings. The number of rotatable bonds is 9. The monoisotopic (exact) mass is 446 g/mol. The maximum absolute atomic E-state index is 12.7. The lowest BCUT2D eigenvalue weighted by Crippen LogP contribution is -2.45. The van der Waals surface area contributed by atoms with Crippen LogP contribution in [0.15, 0.2) is 22.5 Å². The molecule has 0 spiro atoms. The second-order valence-corrected chi connectivity index (χ2v) is 9.92. The van der Waals surface area contributed by atoms with Crippen molar-refractivity contribution in [1.82, 2.24) is 10.2 Å². The summed E-state index contributed by atoms with van der Waals surface area (Å²) in [5.41, 5.74) is 0.200. The van der Waals surface area contributed by atoms with E-state index in [9.17, 15) is 13.2 Å². The first-order valence-electron chi connectivity index (χ1n) is 8.19. The first-order chi connectivity index (χ1) is 13.2. The van der Waals surface area contributed by atoms with Gasteiger partial charge in [0.1, 0.15) is 17.5 Å². The average Bonchev–Trinajstić information content (AvgIpc) is 3.07. The van der Waals surface area contributed by atoms with E-state index >= 15 is 0 Å². The van der Waals surface area contributed by atoms with Gasteiger partial charge in [-0.05, 0) is 24.8 Å². The summed E-state index contributed by atoms with van der Waals surface area (Å²) in [6.45, 7) is 3.47. The van der Waals surface area contributed by atoms with Crippen molar-refractivity contribution in [3.8, 4) is 11.5 Å². The molecule has 2 rings (SSSR count). The number of carbonyl (C=O) groups is 1. The van der Waals surface area contributed by atoms with Crippen molar-refractivity contribution in [2.24, 2.45) is 0 Å². The lowest BCUT2D eigenvalue weighted by Gasteiger charge is -2.29. The second kappa shape index (κ2) is 9.43. The van der Waals surface area contributed by atoms with Crippen LogP contribution in [0.1, 0.15) is 13.8 Å². The summed E-state index contributed by atoms with van der Waals surface area (Å²) in [6.07, 6.45) is 1.02. The number of anilines is 2. The molecule has 2 aromatic rings. The van der Waals surface area contributed by atoms with Crippen LogP contribution in [0.2, 0.25) is 0 Å². The number of thioether (sulfide) groups is 1. The number of nitrogens with zero attached hydrogens (tertiary/aromatic N) is 3. The van der Waals surface area contributed by atoms with Gasteiger partial charge >= 0.3 is 0 Å². The zero-order valence-corrected chi connectivity index (χ0v) is 18.6. The number of ether oxygens (including phenoxy) is 2. The molecule has 0 unspecified atom stereocenters. The summed E-state index contributed by atoms with van der Waals surface area (Å²) in [5, 5.41) is 10.8. The minimum absolute atomic E-state index is 0.200. The van der Waals surface area contributed by atoms with Gasteiger partial charge in [0.05, 0.1) is 26.2 Å². The number of nitrogens with one attached hydrogen (secondary N) is 1. The van der Waals surface area contributed by atoms with Crippen molar-refractivity contribution < 1.29 is 22.7 Å². The Morgan fingerprint density at radius 3 is 2.61 bits per heavy atom. The first-order valence-corrected chi connectivity index (χ1v) is 11.8. The fraction of sp³-hybridized carbons (Fsp3) is 0.438. The molecule has 0 radical (unpaired) electrons. The number of amides is 1. The van der Waals surface area contributed by atoms with Gasteiger partial charge in [-0.2, -0.15) is 0 Å². The Morgan fingerprint density at radius 2 is 2.04 bits per heavy atom. The molecular formula is C16H22N4O5S3. The third-order valence-electron chi connectivity index (χ3n) is 3.62. The van der Waals surface area contributed by atoms with E-state index in [2.05, 4.69) is 15.5 Å². The molecule has 12 heteroatoms. The van der Waals surface area contributed by atoms with Gasteiger partial charge in [0.2, 0.25) is 21.1 Å². The Bertz CT molecular complexity index is 932. The van der Waals surface area contributed by atoms with Gasteiger partial charge in [-0.15, -0.1) is 10.2 Å². The molecule has 0 aliphatic heterocycles. The fourth-order valence-corrected chi connectivity index (χ4v) is 5.22. The lowest BCUT2D eigenvalue weighted by atomic mass is 10.2. The Balaban J connectivity index is 2.36. The van der Waals surface area contributed by atoms with E-state index in [0.29, 0.717) is 16.6 Å². The van der Waals surface area contributed by atoms with Crippen molar-refractivity contribution in [2.75, 3.05) is 35.9 Å². The van der Waals surface area contributed by atoms with Crippen molar-refractivity contribution in [3.05, 3.63) is 18.2 Å². The van der Waals surface area contributed by atoms with E-state index in [4.69, 9.17) is 9.47 Å². The van der Waals surface area contributed by atoms with Gasteiger partial charge < -0.3 is 9.47 Å². The molecule has 0 saturated heterocycles. The third-order valence-corrected chi connectivity index (χ3v) is 6.70. The summed E-state index contributed by atoms with van der Waals surface area (Å²) in [4.78, 5) is 12.7. The number of sulfonamides is 1. The zero-order chi connectivity index (χ0) is 20.9. The highest BCUT2D eigenvalue weighted by molar-refractivity contribution is 8.01. The Labute approximate surface area is 172 Å². The van der Waals surface area contributed by atoms with Crippen LogP contribution < -0.4 is 19.1 Å². The minimum Gasteiger partial charge on any atom is -0.497 e. The van der Waals surface area contributed by atoms with E-state index in [1.165, 1.54) is 50.3 Å². The highest BCUT2D eigenvalue weighted by atomic mass is 32.2. The maximum Gasteiger partial charge on any atom is 0.249 e. The maximum atomic E-state index is 12.7. The highest BCUT2D eigenvalue weighted by Crippen LogP contribution is 2.35. The molecule has 154 valence electrons. The number of hydrogen-bond donors (Lipinski definition) is 1. The summed E-state index contributed by atoms with van der Waals surface area (Å²) in [6, 6.07) is 3.66. The number of carbonyl (C=O) groups excluding carboxylic acids is 1. The Morgan fingerprint density at radius 1 is 1.32 bits per heavy atom. The first kappa shape index (κ1) is 22.2. The fourth-order valence-electron chi connectivity index (χ4n) is 2.40. The zero-order valence-electron chi connectivity index (χ0n) is 16.1. The van der Waals surface area contributed by atoms with Crippen molar-refractivity contribution in [2.45, 2.75) is 24.2 Å². The topological polar surface area (TPSA) is 111 Å². The molecule has 0 bridgehead atoms. The quantitative estimate of drug-likeness (QED) is 0.462. The SMILES string of the molecule is CCSc1nnc(NC(=O)[C@H](C)N(c2cc(OC)ccc2OC)S(C)(=O)=O)s1. The van der Waals surface area contributed by atoms with E-state index in [1.807, 2.05) is 6.92 Å². The van der Waals surface area contributed by atoms with Crippen LogP contribution in [0, 0.1) is 0 Å².